The number of nitrogens with one attached hydrogen (secondary N) is 1. The highest BCUT2D eigenvalue weighted by molar-refractivity contribution is 5.87. The first-order valence-electron chi connectivity index (χ1n) is 5.82. The maximum absolute atomic E-state index is 12.0. The lowest BCUT2D eigenvalue weighted by molar-refractivity contribution is -0.150. The second-order valence-electron chi connectivity index (χ2n) is 4.46. The first kappa shape index (κ1) is 16.0. The summed E-state index contributed by atoms with van der Waals surface area (Å²) in [5.41, 5.74) is -1.47. The molecule has 0 aliphatic carbocycles. The van der Waals surface area contributed by atoms with Gasteiger partial charge in [-0.3, -0.25) is 4.79 Å². The van der Waals surface area contributed by atoms with E-state index in [0.29, 0.717) is 0 Å². The van der Waals surface area contributed by atoms with E-state index in [1.807, 2.05) is 0 Å². The minimum atomic E-state index is -4.45. The number of halogens is 3. The number of carbonyl (C=O) groups excluding carboxylic acids is 1. The normalized spacial score (nSPS) is 14.4. The van der Waals surface area contributed by atoms with Gasteiger partial charge in [0.2, 0.25) is 5.91 Å². The summed E-state index contributed by atoms with van der Waals surface area (Å²) in [5, 5.41) is 11.4. The number of aliphatic carboxylic acids is 1. The Morgan fingerprint density at radius 3 is 2.20 bits per heavy atom. The van der Waals surface area contributed by atoms with Crippen LogP contribution in [0.25, 0.3) is 0 Å². The van der Waals surface area contributed by atoms with Crippen LogP contribution >= 0.6 is 0 Å². The van der Waals surface area contributed by atoms with E-state index in [0.717, 1.165) is 0 Å². The molecule has 1 aromatic rings. The minimum absolute atomic E-state index is 0.285. The lowest BCUT2D eigenvalue weighted by atomic mass is 9.92. The Hall–Kier alpha value is -2.05. The molecule has 0 aliphatic heterocycles. The number of alkyl halides is 3. The zero-order valence-electron chi connectivity index (χ0n) is 10.7. The number of rotatable bonds is 5. The van der Waals surface area contributed by atoms with Gasteiger partial charge in [0.1, 0.15) is 0 Å². The molecular weight excluding hydrogens is 275 g/mol. The molecule has 0 saturated heterocycles. The van der Waals surface area contributed by atoms with Crippen LogP contribution in [0.2, 0.25) is 0 Å². The van der Waals surface area contributed by atoms with E-state index in [9.17, 15) is 27.9 Å². The quantitative estimate of drug-likeness (QED) is 0.875. The Morgan fingerprint density at radius 2 is 1.75 bits per heavy atom. The van der Waals surface area contributed by atoms with Gasteiger partial charge in [-0.1, -0.05) is 30.3 Å². The highest BCUT2D eigenvalue weighted by atomic mass is 19.4. The molecule has 4 nitrogen and oxygen atoms in total. The van der Waals surface area contributed by atoms with Crippen molar-refractivity contribution in [1.82, 2.24) is 5.32 Å². The SMILES string of the molecule is CC(NC(=O)CCC(F)(F)F)(C(=O)O)c1ccccc1. The lowest BCUT2D eigenvalue weighted by Crippen LogP contribution is -2.49. The van der Waals surface area contributed by atoms with E-state index in [4.69, 9.17) is 0 Å². The largest absolute Gasteiger partial charge is 0.479 e. The second-order valence-corrected chi connectivity index (χ2v) is 4.46. The first-order valence-corrected chi connectivity index (χ1v) is 5.82. The summed E-state index contributed by atoms with van der Waals surface area (Å²) in [4.78, 5) is 22.8. The Bertz CT molecular complexity index is 487. The molecule has 2 N–H and O–H groups in total. The molecule has 1 amide bonds. The van der Waals surface area contributed by atoms with E-state index < -0.39 is 36.4 Å². The van der Waals surface area contributed by atoms with Gasteiger partial charge in [0, 0.05) is 6.42 Å². The van der Waals surface area contributed by atoms with Crippen LogP contribution in [0, 0.1) is 0 Å². The zero-order valence-corrected chi connectivity index (χ0v) is 10.7. The van der Waals surface area contributed by atoms with Crippen molar-refractivity contribution in [1.29, 1.82) is 0 Å². The summed E-state index contributed by atoms with van der Waals surface area (Å²) in [6.45, 7) is 1.23. The van der Waals surface area contributed by atoms with E-state index in [-0.39, 0.29) is 5.56 Å². The third-order valence-electron chi connectivity index (χ3n) is 2.80. The van der Waals surface area contributed by atoms with E-state index in [1.54, 1.807) is 18.2 Å². The average Bonchev–Trinajstić information content (AvgIpc) is 2.36. The van der Waals surface area contributed by atoms with Gasteiger partial charge in [-0.2, -0.15) is 13.2 Å². The summed E-state index contributed by atoms with van der Waals surface area (Å²) in [6.07, 6.45) is -6.55. The molecule has 0 radical (unpaired) electrons. The Kier molecular flexibility index (Phi) is 4.75. The molecule has 0 aliphatic rings. The van der Waals surface area contributed by atoms with Gasteiger partial charge in [0.15, 0.2) is 5.54 Å². The molecule has 0 aromatic heterocycles. The maximum atomic E-state index is 12.0. The van der Waals surface area contributed by atoms with Crippen molar-refractivity contribution in [3.8, 4) is 0 Å². The molecule has 0 heterocycles. The molecule has 20 heavy (non-hydrogen) atoms. The van der Waals surface area contributed by atoms with Crippen LogP contribution in [0.3, 0.4) is 0 Å². The summed E-state index contributed by atoms with van der Waals surface area (Å²) in [7, 11) is 0. The summed E-state index contributed by atoms with van der Waals surface area (Å²) in [6, 6.07) is 7.80. The van der Waals surface area contributed by atoms with Crippen molar-refractivity contribution >= 4 is 11.9 Å². The fourth-order valence-corrected chi connectivity index (χ4v) is 1.62. The van der Waals surface area contributed by atoms with Crippen LogP contribution in [0.15, 0.2) is 30.3 Å². The molecule has 1 atom stereocenters. The second kappa shape index (κ2) is 5.94. The van der Waals surface area contributed by atoms with Gasteiger partial charge < -0.3 is 10.4 Å². The van der Waals surface area contributed by atoms with Crippen LogP contribution < -0.4 is 5.32 Å². The van der Waals surface area contributed by atoms with Crippen LogP contribution in [0.5, 0.6) is 0 Å². The van der Waals surface area contributed by atoms with Crippen molar-refractivity contribution in [2.24, 2.45) is 0 Å². The fraction of sp³-hybridized carbons (Fsp3) is 0.385. The summed E-state index contributed by atoms with van der Waals surface area (Å²) < 4.78 is 36.1. The van der Waals surface area contributed by atoms with Crippen LogP contribution in [0.1, 0.15) is 25.3 Å². The van der Waals surface area contributed by atoms with Gasteiger partial charge in [-0.05, 0) is 12.5 Å². The third kappa shape index (κ3) is 4.25. The van der Waals surface area contributed by atoms with Crippen LogP contribution in [-0.2, 0) is 15.1 Å². The van der Waals surface area contributed by atoms with Crippen LogP contribution in [0.4, 0.5) is 13.2 Å². The first-order chi connectivity index (χ1) is 9.15. The van der Waals surface area contributed by atoms with Crippen LogP contribution in [-0.4, -0.2) is 23.2 Å². The average molecular weight is 289 g/mol. The van der Waals surface area contributed by atoms with Gasteiger partial charge in [-0.15, -0.1) is 0 Å². The summed E-state index contributed by atoms with van der Waals surface area (Å²) >= 11 is 0. The van der Waals surface area contributed by atoms with Crippen molar-refractivity contribution in [3.05, 3.63) is 35.9 Å². The zero-order chi connectivity index (χ0) is 15.4. The minimum Gasteiger partial charge on any atom is -0.479 e. The van der Waals surface area contributed by atoms with Gasteiger partial charge in [0.05, 0.1) is 6.42 Å². The lowest BCUT2D eigenvalue weighted by Gasteiger charge is -2.27. The maximum Gasteiger partial charge on any atom is 0.389 e. The molecule has 1 unspecified atom stereocenters. The number of amides is 1. The van der Waals surface area contributed by atoms with E-state index in [2.05, 4.69) is 5.32 Å². The van der Waals surface area contributed by atoms with Crippen molar-refractivity contribution < 1.29 is 27.9 Å². The number of benzene rings is 1. The molecule has 0 bridgehead atoms. The van der Waals surface area contributed by atoms with E-state index in [1.165, 1.54) is 19.1 Å². The Morgan fingerprint density at radius 1 is 1.20 bits per heavy atom. The topological polar surface area (TPSA) is 66.4 Å². The number of carbonyl (C=O) groups is 2. The molecule has 0 spiro atoms. The third-order valence-corrected chi connectivity index (χ3v) is 2.80. The van der Waals surface area contributed by atoms with Crippen molar-refractivity contribution in [2.45, 2.75) is 31.5 Å². The number of carboxylic acids is 1. The molecular formula is C13H14F3NO3. The van der Waals surface area contributed by atoms with Crippen molar-refractivity contribution in [3.63, 3.8) is 0 Å². The molecule has 1 aromatic carbocycles. The summed E-state index contributed by atoms with van der Waals surface area (Å²) in [5.74, 6) is -2.31. The molecule has 7 heteroatoms. The Balaban J connectivity index is 2.83. The number of carboxylic acid groups (broad SMARTS) is 1. The molecule has 0 saturated carbocycles. The van der Waals surface area contributed by atoms with Gasteiger partial charge in [0.25, 0.3) is 0 Å². The predicted molar refractivity (Wildman–Crippen MR) is 64.9 cm³/mol. The predicted octanol–water partition coefficient (Wildman–Crippen LogP) is 2.45. The molecule has 1 rings (SSSR count). The highest BCUT2D eigenvalue weighted by Crippen LogP contribution is 2.24. The van der Waals surface area contributed by atoms with E-state index >= 15 is 0 Å². The monoisotopic (exact) mass is 289 g/mol. The molecule has 0 fully saturated rings. The fourth-order valence-electron chi connectivity index (χ4n) is 1.62. The van der Waals surface area contributed by atoms with Crippen molar-refractivity contribution in [2.75, 3.05) is 0 Å². The molecule has 110 valence electrons. The van der Waals surface area contributed by atoms with Gasteiger partial charge in [-0.25, -0.2) is 4.79 Å². The van der Waals surface area contributed by atoms with Gasteiger partial charge >= 0.3 is 12.1 Å². The standard InChI is InChI=1S/C13H14F3NO3/c1-12(11(19)20,9-5-3-2-4-6-9)17-10(18)7-8-13(14,15)16/h2-6H,7-8H2,1H3,(H,17,18)(H,19,20). The highest BCUT2D eigenvalue weighted by Gasteiger charge is 2.37. The smallest absolute Gasteiger partial charge is 0.389 e. The number of hydrogen-bond donors (Lipinski definition) is 2. The number of hydrogen-bond acceptors (Lipinski definition) is 2. The Labute approximate surface area is 113 Å².